The Balaban J connectivity index is -0.000000167. The Morgan fingerprint density at radius 1 is 1.43 bits per heavy atom. The third-order valence-electron chi connectivity index (χ3n) is 1.04. The van der Waals surface area contributed by atoms with Crippen molar-refractivity contribution in [2.45, 2.75) is 0 Å². The Morgan fingerprint density at radius 2 is 1.86 bits per heavy atom. The average molecular weight is 254 g/mol. The van der Waals surface area contributed by atoms with Crippen LogP contribution in [-0.4, -0.2) is 50.3 Å². The standard InChI is InChI=1S/C6H15N3O2.ClH.K.H2O/c1-9(2,3)4-5-11-8-6(7)10;;;/h4-5H2,1-3H3,(H2-,7,8,10);1H;;1H2/q;;+1;/p-1. The maximum absolute atomic E-state index is 10.1. The molecule has 0 atom stereocenters. The van der Waals surface area contributed by atoms with Gasteiger partial charge in [-0.05, 0) is 0 Å². The van der Waals surface area contributed by atoms with E-state index < -0.39 is 6.03 Å². The van der Waals surface area contributed by atoms with Crippen LogP contribution in [0.15, 0.2) is 0 Å². The number of rotatable bonds is 4. The summed E-state index contributed by atoms with van der Waals surface area (Å²) in [5.41, 5.74) is 6.81. The number of likely N-dealkylation sites (N-methyl/N-ethyl adjacent to an activating group) is 1. The quantitative estimate of drug-likeness (QED) is 0.226. The Hall–Kier alpha value is 1.08. The number of nitrogens with two attached hydrogens (primary N) is 1. The van der Waals surface area contributed by atoms with Crippen LogP contribution in [0.1, 0.15) is 0 Å². The first-order valence-corrected chi connectivity index (χ1v) is 3.39. The van der Waals surface area contributed by atoms with Crippen LogP contribution in [-0.2, 0) is 4.84 Å². The summed E-state index contributed by atoms with van der Waals surface area (Å²) in [6.07, 6.45) is 0. The van der Waals surface area contributed by atoms with E-state index in [9.17, 15) is 4.79 Å². The van der Waals surface area contributed by atoms with E-state index in [1.165, 1.54) is 0 Å². The van der Waals surface area contributed by atoms with E-state index >= 15 is 0 Å². The summed E-state index contributed by atoms with van der Waals surface area (Å²) < 4.78 is 0.792. The molecule has 0 saturated heterocycles. The van der Waals surface area contributed by atoms with Crippen LogP contribution in [0, 0.1) is 0 Å². The van der Waals surface area contributed by atoms with Gasteiger partial charge >= 0.3 is 57.4 Å². The van der Waals surface area contributed by atoms with Gasteiger partial charge in [0.2, 0.25) is 0 Å². The van der Waals surface area contributed by atoms with E-state index in [1.54, 1.807) is 0 Å². The zero-order valence-electron chi connectivity index (χ0n) is 9.08. The molecule has 0 bridgehead atoms. The number of carbonyl (C=O) groups is 1. The molecular formula is C6H17ClKN3O3. The van der Waals surface area contributed by atoms with E-state index in [4.69, 9.17) is 10.6 Å². The molecule has 6 nitrogen and oxygen atoms in total. The van der Waals surface area contributed by atoms with E-state index in [1.807, 2.05) is 26.6 Å². The molecule has 8 heteroatoms. The molecule has 0 aliphatic rings. The molecule has 0 aliphatic heterocycles. The topological polar surface area (TPSA) is 94.3 Å². The Kier molecular flexibility index (Phi) is 21.1. The maximum atomic E-state index is 10.1. The maximum Gasteiger partial charge on any atom is 1.00 e. The first-order chi connectivity index (χ1) is 4.92. The van der Waals surface area contributed by atoms with Crippen LogP contribution in [0.2, 0.25) is 0 Å². The largest absolute Gasteiger partial charge is 1.00 e. The van der Waals surface area contributed by atoms with Crippen molar-refractivity contribution in [2.75, 3.05) is 34.3 Å². The molecule has 0 rings (SSSR count). The number of hydrogen-bond donors (Lipinski definition) is 2. The molecule has 2 amide bonds. The van der Waals surface area contributed by atoms with Crippen molar-refractivity contribution in [3.05, 3.63) is 0 Å². The summed E-state index contributed by atoms with van der Waals surface area (Å²) in [6.45, 7) is 1.28. The third-order valence-corrected chi connectivity index (χ3v) is 1.04. The van der Waals surface area contributed by atoms with Gasteiger partial charge in [0.05, 0.1) is 21.1 Å². The van der Waals surface area contributed by atoms with Crippen LogP contribution in [0.25, 0.3) is 0 Å². The molecule has 0 heterocycles. The molecule has 4 N–H and O–H groups in total. The predicted octanol–water partition coefficient (Wildman–Crippen LogP) is -6.88. The number of halogens is 1. The Bertz CT molecular complexity index is 143. The zero-order chi connectivity index (χ0) is 8.91. The van der Waals surface area contributed by atoms with Gasteiger partial charge in [-0.1, -0.05) is 0 Å². The number of quaternary nitrogens is 1. The minimum absolute atomic E-state index is 0. The van der Waals surface area contributed by atoms with Crippen molar-refractivity contribution in [3.8, 4) is 0 Å². The van der Waals surface area contributed by atoms with Gasteiger partial charge in [-0.25, -0.2) is 10.3 Å². The van der Waals surface area contributed by atoms with E-state index in [2.05, 4.69) is 0 Å². The van der Waals surface area contributed by atoms with Gasteiger partial charge in [-0.2, -0.15) is 0 Å². The second-order valence-electron chi connectivity index (χ2n) is 3.33. The number of urea groups is 1. The number of hydrogen-bond acceptors (Lipinski definition) is 3. The van der Waals surface area contributed by atoms with Gasteiger partial charge in [0.1, 0.15) is 13.2 Å². The van der Waals surface area contributed by atoms with Crippen molar-refractivity contribution in [1.29, 1.82) is 0 Å². The fourth-order valence-electron chi connectivity index (χ4n) is 0.442. The Morgan fingerprint density at radius 3 is 2.14 bits per heavy atom. The molecule has 0 aromatic carbocycles. The number of carbonyl (C=O) groups excluding carboxylic acids is 1. The molecule has 0 aromatic heterocycles. The molecule has 0 unspecified atom stereocenters. The van der Waals surface area contributed by atoms with Crippen molar-refractivity contribution in [1.82, 2.24) is 5.48 Å². The summed E-state index contributed by atoms with van der Waals surface area (Å²) in [4.78, 5) is 14.8. The third kappa shape index (κ3) is 23.1. The summed E-state index contributed by atoms with van der Waals surface area (Å²) in [5.74, 6) is 0. The fourth-order valence-corrected chi connectivity index (χ4v) is 0.442. The van der Waals surface area contributed by atoms with Crippen LogP contribution in [0.3, 0.4) is 0 Å². The van der Waals surface area contributed by atoms with E-state index in [-0.39, 0.29) is 69.3 Å². The zero-order valence-corrected chi connectivity index (χ0v) is 13.0. The normalized spacial score (nSPS) is 8.79. The number of hydroxylamine groups is 1. The number of nitrogens with zero attached hydrogens (tertiary/aromatic N) is 1. The second kappa shape index (κ2) is 12.1. The summed E-state index contributed by atoms with van der Waals surface area (Å²) >= 11 is 0. The molecule has 82 valence electrons. The number of nitrogens with one attached hydrogen (secondary N) is 1. The van der Waals surface area contributed by atoms with Gasteiger partial charge in [0.25, 0.3) is 0 Å². The van der Waals surface area contributed by atoms with Gasteiger partial charge in [-0.3, -0.25) is 4.84 Å². The van der Waals surface area contributed by atoms with E-state index in [0.717, 1.165) is 11.0 Å². The van der Waals surface area contributed by atoms with Crippen molar-refractivity contribution < 1.29 is 83.4 Å². The van der Waals surface area contributed by atoms with Crippen molar-refractivity contribution in [2.24, 2.45) is 5.73 Å². The summed E-state index contributed by atoms with van der Waals surface area (Å²) in [6, 6.07) is -0.661. The number of amides is 2. The molecule has 0 spiro atoms. The second-order valence-corrected chi connectivity index (χ2v) is 3.33. The molecule has 0 aliphatic carbocycles. The number of primary amides is 1. The van der Waals surface area contributed by atoms with Gasteiger partial charge in [0, 0.05) is 0 Å². The van der Waals surface area contributed by atoms with E-state index in [0.29, 0.717) is 6.61 Å². The molecule has 0 fully saturated rings. The van der Waals surface area contributed by atoms with Gasteiger partial charge in [0.15, 0.2) is 0 Å². The fraction of sp³-hybridized carbons (Fsp3) is 0.833. The summed E-state index contributed by atoms with van der Waals surface area (Å²) in [7, 11) is 6.11. The Labute approximate surface area is 133 Å². The van der Waals surface area contributed by atoms with Crippen LogP contribution < -0.4 is 75.0 Å². The predicted molar refractivity (Wildman–Crippen MR) is 43.5 cm³/mol. The monoisotopic (exact) mass is 253 g/mol. The minimum Gasteiger partial charge on any atom is -1.00 e. The SMILES string of the molecule is C[N+](C)(C)CCONC(N)=O.[Cl-].[K+].[OH-]. The first kappa shape index (κ1) is 24.3. The molecule has 14 heavy (non-hydrogen) atoms. The van der Waals surface area contributed by atoms with Crippen LogP contribution >= 0.6 is 0 Å². The van der Waals surface area contributed by atoms with Gasteiger partial charge < -0.3 is 28.1 Å². The van der Waals surface area contributed by atoms with Crippen molar-refractivity contribution in [3.63, 3.8) is 0 Å². The van der Waals surface area contributed by atoms with Gasteiger partial charge in [-0.15, -0.1) is 0 Å². The molecule has 0 saturated carbocycles. The first-order valence-electron chi connectivity index (χ1n) is 3.39. The molecule has 0 radical (unpaired) electrons. The molecule has 0 aromatic rings. The van der Waals surface area contributed by atoms with Crippen LogP contribution in [0.4, 0.5) is 4.79 Å². The summed E-state index contributed by atoms with van der Waals surface area (Å²) in [5, 5.41) is 0. The van der Waals surface area contributed by atoms with Crippen LogP contribution in [0.5, 0.6) is 0 Å². The minimum atomic E-state index is -0.661. The molecular weight excluding hydrogens is 237 g/mol. The average Bonchev–Trinajstić information content (AvgIpc) is 1.78. The smallest absolute Gasteiger partial charge is 1.00 e. The van der Waals surface area contributed by atoms with Crippen molar-refractivity contribution >= 4 is 6.03 Å².